The number of carbonyl (C=O) groups excluding carboxylic acids is 2. The third-order valence-corrected chi connectivity index (χ3v) is 5.95. The Morgan fingerprint density at radius 3 is 2.64 bits per heavy atom. The van der Waals surface area contributed by atoms with Gasteiger partial charge in [-0.25, -0.2) is 0 Å². The van der Waals surface area contributed by atoms with Crippen molar-refractivity contribution in [2.45, 2.75) is 37.4 Å². The van der Waals surface area contributed by atoms with Crippen LogP contribution in [0.3, 0.4) is 0 Å². The van der Waals surface area contributed by atoms with E-state index < -0.39 is 0 Å². The zero-order valence-corrected chi connectivity index (χ0v) is 14.6. The van der Waals surface area contributed by atoms with Crippen LogP contribution in [0.1, 0.15) is 25.7 Å². The van der Waals surface area contributed by atoms with E-state index in [2.05, 4.69) is 5.16 Å². The SMILES string of the molecule is COC1(CC(=O)N2C[C@@H]3C(C(=O)N4CCOCC4)=NO[C@@H]3C2)CCC1. The first-order chi connectivity index (χ1) is 12.1. The lowest BCUT2D eigenvalue weighted by Gasteiger charge is -2.40. The summed E-state index contributed by atoms with van der Waals surface area (Å²) in [5.41, 5.74) is 0.170. The van der Waals surface area contributed by atoms with Gasteiger partial charge in [-0.1, -0.05) is 5.16 Å². The van der Waals surface area contributed by atoms with Crippen molar-refractivity contribution >= 4 is 17.5 Å². The molecule has 3 fully saturated rings. The smallest absolute Gasteiger partial charge is 0.272 e. The summed E-state index contributed by atoms with van der Waals surface area (Å²) in [5, 5.41) is 4.03. The summed E-state index contributed by atoms with van der Waals surface area (Å²) < 4.78 is 10.9. The molecule has 0 spiro atoms. The van der Waals surface area contributed by atoms with Crippen molar-refractivity contribution in [3.05, 3.63) is 0 Å². The molecular weight excluding hydrogens is 326 g/mol. The molecule has 2 amide bonds. The van der Waals surface area contributed by atoms with Crippen molar-refractivity contribution in [2.24, 2.45) is 11.1 Å². The minimum Gasteiger partial charge on any atom is -0.389 e. The number of hydrogen-bond acceptors (Lipinski definition) is 6. The van der Waals surface area contributed by atoms with E-state index in [4.69, 9.17) is 14.3 Å². The lowest BCUT2D eigenvalue weighted by molar-refractivity contribution is -0.143. The Labute approximate surface area is 147 Å². The second kappa shape index (κ2) is 6.57. The van der Waals surface area contributed by atoms with Crippen molar-refractivity contribution in [3.8, 4) is 0 Å². The van der Waals surface area contributed by atoms with E-state index in [9.17, 15) is 9.59 Å². The average Bonchev–Trinajstić information content (AvgIpc) is 3.19. The first-order valence-corrected chi connectivity index (χ1v) is 9.05. The summed E-state index contributed by atoms with van der Waals surface area (Å²) in [7, 11) is 1.68. The maximum atomic E-state index is 12.7. The molecule has 3 heterocycles. The molecule has 0 radical (unpaired) electrons. The van der Waals surface area contributed by atoms with Crippen molar-refractivity contribution in [3.63, 3.8) is 0 Å². The molecule has 0 bridgehead atoms. The normalized spacial score (nSPS) is 30.4. The summed E-state index contributed by atoms with van der Waals surface area (Å²) in [6.07, 6.45) is 3.19. The zero-order chi connectivity index (χ0) is 17.4. The molecule has 0 aromatic heterocycles. The molecule has 0 unspecified atom stereocenters. The summed E-state index contributed by atoms with van der Waals surface area (Å²) >= 11 is 0. The van der Waals surface area contributed by atoms with Crippen LogP contribution >= 0.6 is 0 Å². The van der Waals surface area contributed by atoms with Crippen LogP contribution in [0.5, 0.6) is 0 Å². The number of nitrogens with zero attached hydrogens (tertiary/aromatic N) is 3. The number of ether oxygens (including phenoxy) is 2. The maximum absolute atomic E-state index is 12.7. The molecule has 3 aliphatic heterocycles. The lowest BCUT2D eigenvalue weighted by atomic mass is 9.77. The van der Waals surface area contributed by atoms with E-state index in [0.717, 1.165) is 19.3 Å². The molecule has 8 nitrogen and oxygen atoms in total. The second-order valence-electron chi connectivity index (χ2n) is 7.35. The molecule has 4 rings (SSSR count). The van der Waals surface area contributed by atoms with Gasteiger partial charge in [0, 0.05) is 26.7 Å². The molecular formula is C17H25N3O5. The average molecular weight is 351 g/mol. The predicted molar refractivity (Wildman–Crippen MR) is 88.0 cm³/mol. The molecule has 2 saturated heterocycles. The van der Waals surface area contributed by atoms with Crippen molar-refractivity contribution in [2.75, 3.05) is 46.5 Å². The highest BCUT2D eigenvalue weighted by Gasteiger charge is 2.48. The number of hydrogen-bond donors (Lipinski definition) is 0. The van der Waals surface area contributed by atoms with Gasteiger partial charge in [-0.3, -0.25) is 9.59 Å². The van der Waals surface area contributed by atoms with E-state index in [1.165, 1.54) is 0 Å². The van der Waals surface area contributed by atoms with Crippen LogP contribution in [-0.2, 0) is 23.9 Å². The number of methoxy groups -OCH3 is 1. The minimum atomic E-state index is -0.282. The fourth-order valence-electron chi connectivity index (χ4n) is 4.08. The number of likely N-dealkylation sites (tertiary alicyclic amines) is 1. The van der Waals surface area contributed by atoms with Crippen LogP contribution in [0.2, 0.25) is 0 Å². The van der Waals surface area contributed by atoms with Crippen LogP contribution in [0.15, 0.2) is 5.16 Å². The number of carbonyl (C=O) groups is 2. The Hall–Kier alpha value is -1.67. The molecule has 0 N–H and O–H groups in total. The van der Waals surface area contributed by atoms with Gasteiger partial charge >= 0.3 is 0 Å². The number of oxime groups is 1. The number of amides is 2. The van der Waals surface area contributed by atoms with Gasteiger partial charge in [0.05, 0.1) is 37.7 Å². The molecule has 1 aliphatic carbocycles. The molecule has 0 aromatic rings. The third-order valence-electron chi connectivity index (χ3n) is 5.95. The van der Waals surface area contributed by atoms with Gasteiger partial charge in [0.25, 0.3) is 5.91 Å². The molecule has 8 heteroatoms. The van der Waals surface area contributed by atoms with Crippen molar-refractivity contribution in [1.82, 2.24) is 9.80 Å². The van der Waals surface area contributed by atoms with Gasteiger partial charge in [0.2, 0.25) is 5.91 Å². The van der Waals surface area contributed by atoms with Crippen molar-refractivity contribution in [1.29, 1.82) is 0 Å². The van der Waals surface area contributed by atoms with Crippen LogP contribution in [-0.4, -0.2) is 85.5 Å². The van der Waals surface area contributed by atoms with E-state index in [1.807, 2.05) is 0 Å². The maximum Gasteiger partial charge on any atom is 0.272 e. The zero-order valence-electron chi connectivity index (χ0n) is 14.6. The number of fused-ring (bicyclic) bond motifs is 1. The van der Waals surface area contributed by atoms with Crippen LogP contribution in [0, 0.1) is 5.92 Å². The summed E-state index contributed by atoms with van der Waals surface area (Å²) in [6.45, 7) is 3.25. The van der Waals surface area contributed by atoms with E-state index in [-0.39, 0.29) is 29.4 Å². The Bertz CT molecular complexity index is 577. The van der Waals surface area contributed by atoms with E-state index in [0.29, 0.717) is 51.5 Å². The van der Waals surface area contributed by atoms with Gasteiger partial charge in [0.1, 0.15) is 0 Å². The highest BCUT2D eigenvalue weighted by atomic mass is 16.6. The Balaban J connectivity index is 1.37. The van der Waals surface area contributed by atoms with Crippen LogP contribution in [0.4, 0.5) is 0 Å². The fraction of sp³-hybridized carbons (Fsp3) is 0.824. The third kappa shape index (κ3) is 3.01. The first-order valence-electron chi connectivity index (χ1n) is 9.05. The Morgan fingerprint density at radius 1 is 1.24 bits per heavy atom. The predicted octanol–water partition coefficient (Wildman–Crippen LogP) is 0.0176. The van der Waals surface area contributed by atoms with Gasteiger partial charge in [-0.2, -0.15) is 0 Å². The second-order valence-corrected chi connectivity index (χ2v) is 7.35. The first kappa shape index (κ1) is 16.8. The van der Waals surface area contributed by atoms with Gasteiger partial charge in [-0.05, 0) is 19.3 Å². The lowest BCUT2D eigenvalue weighted by Crippen LogP contribution is -2.46. The van der Waals surface area contributed by atoms with Gasteiger partial charge in [0.15, 0.2) is 11.8 Å². The van der Waals surface area contributed by atoms with E-state index in [1.54, 1.807) is 16.9 Å². The number of morpholine rings is 1. The topological polar surface area (TPSA) is 80.7 Å². The van der Waals surface area contributed by atoms with Gasteiger partial charge < -0.3 is 24.1 Å². The monoisotopic (exact) mass is 351 g/mol. The van der Waals surface area contributed by atoms with Crippen LogP contribution in [0.25, 0.3) is 0 Å². The molecule has 0 aromatic carbocycles. The standard InChI is InChI=1S/C17H25N3O5/c1-23-17(3-2-4-17)9-14(21)20-10-12-13(11-20)25-18-15(12)16(22)19-5-7-24-8-6-19/h12-13H,2-11H2,1H3/t12-,13+/m0/s1. The molecule has 1 saturated carbocycles. The quantitative estimate of drug-likeness (QED) is 0.713. The number of rotatable bonds is 4. The molecule has 25 heavy (non-hydrogen) atoms. The largest absolute Gasteiger partial charge is 0.389 e. The molecule has 4 aliphatic rings. The Kier molecular flexibility index (Phi) is 4.41. The molecule has 138 valence electrons. The van der Waals surface area contributed by atoms with E-state index >= 15 is 0 Å². The highest BCUT2D eigenvalue weighted by Crippen LogP contribution is 2.39. The fourth-order valence-corrected chi connectivity index (χ4v) is 4.08. The summed E-state index contributed by atoms with van der Waals surface area (Å²) in [4.78, 5) is 34.4. The molecule has 2 atom stereocenters. The minimum absolute atomic E-state index is 0.0812. The van der Waals surface area contributed by atoms with Gasteiger partial charge in [-0.15, -0.1) is 0 Å². The summed E-state index contributed by atoms with van der Waals surface area (Å²) in [5.74, 6) is -0.130. The highest BCUT2D eigenvalue weighted by molar-refractivity contribution is 6.40. The Morgan fingerprint density at radius 2 is 2.00 bits per heavy atom. The summed E-state index contributed by atoms with van der Waals surface area (Å²) in [6, 6.07) is 0. The van der Waals surface area contributed by atoms with Crippen molar-refractivity contribution < 1.29 is 23.9 Å². The van der Waals surface area contributed by atoms with Crippen LogP contribution < -0.4 is 0 Å².